The summed E-state index contributed by atoms with van der Waals surface area (Å²) in [6.45, 7) is 0.483. The van der Waals surface area contributed by atoms with Crippen LogP contribution in [0.15, 0.2) is 0 Å². The Balaban J connectivity index is 5.00. The quantitative estimate of drug-likeness (QED) is 0.375. The summed E-state index contributed by atoms with van der Waals surface area (Å²) in [5, 5.41) is 26.8. The van der Waals surface area contributed by atoms with Crippen LogP contribution in [-0.2, 0) is 18.4 Å². The fourth-order valence-corrected chi connectivity index (χ4v) is 2.90. The minimum atomic E-state index is -3.73. The topological polar surface area (TPSA) is 137 Å². The molecule has 124 valence electrons. The van der Waals surface area contributed by atoms with E-state index in [9.17, 15) is 14.2 Å². The Labute approximate surface area is 122 Å². The first-order valence-electron chi connectivity index (χ1n) is 6.19. The highest BCUT2D eigenvalue weighted by Gasteiger charge is 2.33. The first-order chi connectivity index (χ1) is 9.88. The highest BCUT2D eigenvalue weighted by atomic mass is 31.2. The second kappa shape index (κ2) is 9.82. The average molecular weight is 328 g/mol. The van der Waals surface area contributed by atoms with E-state index in [0.717, 1.165) is 0 Å². The molecule has 0 aromatic rings. The Hall–Kier alpha value is -1.03. The molecule has 0 aliphatic carbocycles. The van der Waals surface area contributed by atoms with E-state index in [1.165, 1.54) is 0 Å². The van der Waals surface area contributed by atoms with E-state index >= 15 is 0 Å². The lowest BCUT2D eigenvalue weighted by atomic mass is 10.5. The summed E-state index contributed by atoms with van der Waals surface area (Å²) in [6.07, 6.45) is -0.744. The normalized spacial score (nSPS) is 11.3. The predicted molar refractivity (Wildman–Crippen MR) is 71.1 cm³/mol. The molecule has 0 radical (unpaired) electrons. The molecule has 0 saturated carbocycles. The number of rotatable bonds is 9. The summed E-state index contributed by atoms with van der Waals surface area (Å²) in [6, 6.07) is -1.13. The number of aliphatic hydroxyl groups is 3. The molecule has 3 amide bonds. The molecule has 21 heavy (non-hydrogen) atoms. The van der Waals surface area contributed by atoms with Gasteiger partial charge in [-0.25, -0.2) is 9.69 Å². The zero-order valence-electron chi connectivity index (χ0n) is 12.0. The number of urea groups is 1. The predicted octanol–water partition coefficient (Wildman–Crippen LogP) is -0.647. The molecular formula is C10H21N2O8P. The molecule has 0 aliphatic rings. The van der Waals surface area contributed by atoms with Crippen molar-refractivity contribution >= 4 is 19.5 Å². The van der Waals surface area contributed by atoms with Gasteiger partial charge in [0.05, 0.1) is 13.2 Å². The smallest absolute Gasteiger partial charge is 0.340 e. The molecule has 0 aliphatic heterocycles. The van der Waals surface area contributed by atoms with Crippen LogP contribution in [0.5, 0.6) is 0 Å². The van der Waals surface area contributed by atoms with Crippen molar-refractivity contribution in [3.8, 4) is 0 Å². The lowest BCUT2D eigenvalue weighted by molar-refractivity contribution is -0.129. The van der Waals surface area contributed by atoms with Crippen molar-refractivity contribution in [3.63, 3.8) is 0 Å². The van der Waals surface area contributed by atoms with Crippen molar-refractivity contribution in [3.05, 3.63) is 0 Å². The molecule has 0 saturated heterocycles. The first kappa shape index (κ1) is 20.0. The lowest BCUT2D eigenvalue weighted by Gasteiger charge is -2.26. The molecule has 0 unspecified atom stereocenters. The van der Waals surface area contributed by atoms with Crippen molar-refractivity contribution in [1.82, 2.24) is 9.80 Å². The highest BCUT2D eigenvalue weighted by molar-refractivity contribution is 7.54. The molecule has 10 nitrogen and oxygen atoms in total. The minimum Gasteiger partial charge on any atom is -0.376 e. The number of amides is 3. The van der Waals surface area contributed by atoms with Gasteiger partial charge in [-0.2, -0.15) is 0 Å². The Bertz CT molecular complexity index is 377. The van der Waals surface area contributed by atoms with Gasteiger partial charge < -0.3 is 24.4 Å². The Morgan fingerprint density at radius 3 is 1.81 bits per heavy atom. The molecular weight excluding hydrogens is 307 g/mol. The Kier molecular flexibility index (Phi) is 9.34. The van der Waals surface area contributed by atoms with E-state index < -0.39 is 45.9 Å². The molecule has 0 bridgehead atoms. The van der Waals surface area contributed by atoms with E-state index in [0.29, 0.717) is 9.80 Å². The number of aliphatic hydroxyl groups excluding tert-OH is 3. The van der Waals surface area contributed by atoms with Gasteiger partial charge in [0.2, 0.25) is 5.91 Å². The van der Waals surface area contributed by atoms with Gasteiger partial charge in [0.15, 0.2) is 0 Å². The largest absolute Gasteiger partial charge is 0.376 e. The summed E-state index contributed by atoms with van der Waals surface area (Å²) in [5.41, 5.74) is 0. The molecule has 0 aromatic carbocycles. The zero-order valence-corrected chi connectivity index (χ0v) is 12.9. The third-order valence-electron chi connectivity index (χ3n) is 2.27. The Morgan fingerprint density at radius 2 is 1.48 bits per heavy atom. The second-order valence-electron chi connectivity index (χ2n) is 3.67. The van der Waals surface area contributed by atoms with E-state index in [1.54, 1.807) is 13.8 Å². The summed E-state index contributed by atoms with van der Waals surface area (Å²) < 4.78 is 22.0. The van der Waals surface area contributed by atoms with Crippen LogP contribution < -0.4 is 0 Å². The van der Waals surface area contributed by atoms with Crippen molar-refractivity contribution in [2.24, 2.45) is 0 Å². The third-order valence-corrected chi connectivity index (χ3v) is 4.23. The summed E-state index contributed by atoms with van der Waals surface area (Å²) in [4.78, 5) is 24.5. The number of hydrogen-bond acceptors (Lipinski definition) is 8. The molecule has 3 N–H and O–H groups in total. The van der Waals surface area contributed by atoms with Crippen LogP contribution in [0.3, 0.4) is 0 Å². The van der Waals surface area contributed by atoms with Crippen LogP contribution in [0, 0.1) is 0 Å². The molecule has 0 spiro atoms. The van der Waals surface area contributed by atoms with Gasteiger partial charge in [0.1, 0.15) is 26.4 Å². The van der Waals surface area contributed by atoms with Crippen molar-refractivity contribution in [2.75, 3.05) is 39.6 Å². The van der Waals surface area contributed by atoms with E-state index in [4.69, 9.17) is 24.4 Å². The standard InChI is InChI=1S/C10H21N2O8P/c1-3-19-21(18,20-4-2)5-9(16)12(8-15)10(17)11(6-13)7-14/h13-15H,3-8H2,1-2H3. The second-order valence-corrected chi connectivity index (χ2v) is 5.73. The average Bonchev–Trinajstić information content (AvgIpc) is 2.41. The number of nitrogens with zero attached hydrogens (tertiary/aromatic N) is 2. The summed E-state index contributed by atoms with van der Waals surface area (Å²) >= 11 is 0. The van der Waals surface area contributed by atoms with Gasteiger partial charge in [-0.1, -0.05) is 0 Å². The Morgan fingerprint density at radius 1 is 1.00 bits per heavy atom. The van der Waals surface area contributed by atoms with E-state index in [1.807, 2.05) is 0 Å². The van der Waals surface area contributed by atoms with Gasteiger partial charge in [0.25, 0.3) is 0 Å². The number of hydrogen-bond donors (Lipinski definition) is 3. The fourth-order valence-electron chi connectivity index (χ4n) is 1.36. The van der Waals surface area contributed by atoms with Gasteiger partial charge in [-0.05, 0) is 13.8 Å². The van der Waals surface area contributed by atoms with Crippen molar-refractivity contribution in [1.29, 1.82) is 0 Å². The van der Waals surface area contributed by atoms with Crippen molar-refractivity contribution in [2.45, 2.75) is 13.8 Å². The first-order valence-corrected chi connectivity index (χ1v) is 7.91. The van der Waals surface area contributed by atoms with Gasteiger partial charge >= 0.3 is 13.6 Å². The molecule has 0 rings (SSSR count). The summed E-state index contributed by atoms with van der Waals surface area (Å²) in [5.74, 6) is -1.01. The maximum absolute atomic E-state index is 12.2. The molecule has 11 heteroatoms. The minimum absolute atomic E-state index is 0.0387. The summed E-state index contributed by atoms with van der Waals surface area (Å²) in [7, 11) is -3.73. The molecule has 0 heterocycles. The maximum atomic E-state index is 12.2. The van der Waals surface area contributed by atoms with Crippen LogP contribution in [0.25, 0.3) is 0 Å². The van der Waals surface area contributed by atoms with Crippen LogP contribution in [0.1, 0.15) is 13.8 Å². The number of carbonyl (C=O) groups is 2. The van der Waals surface area contributed by atoms with Crippen LogP contribution in [0.2, 0.25) is 0 Å². The zero-order chi connectivity index (χ0) is 16.5. The van der Waals surface area contributed by atoms with Crippen LogP contribution in [0.4, 0.5) is 4.79 Å². The van der Waals surface area contributed by atoms with Crippen LogP contribution in [-0.4, -0.2) is 76.6 Å². The SMILES string of the molecule is CCOP(=O)(CC(=O)N(CO)C(=O)N(CO)CO)OCC. The van der Waals surface area contributed by atoms with Gasteiger partial charge in [-0.3, -0.25) is 14.3 Å². The van der Waals surface area contributed by atoms with Gasteiger partial charge in [0, 0.05) is 0 Å². The number of carbonyl (C=O) groups excluding carboxylic acids is 2. The monoisotopic (exact) mass is 328 g/mol. The fraction of sp³-hybridized carbons (Fsp3) is 0.800. The molecule has 0 aromatic heterocycles. The third kappa shape index (κ3) is 6.08. The van der Waals surface area contributed by atoms with Crippen molar-refractivity contribution < 1.29 is 38.5 Å². The highest BCUT2D eigenvalue weighted by Crippen LogP contribution is 2.47. The lowest BCUT2D eigenvalue weighted by Crippen LogP contribution is -2.48. The van der Waals surface area contributed by atoms with E-state index in [-0.39, 0.29) is 13.2 Å². The number of imide groups is 1. The van der Waals surface area contributed by atoms with Gasteiger partial charge in [-0.15, -0.1) is 0 Å². The molecule has 0 atom stereocenters. The van der Waals surface area contributed by atoms with E-state index in [2.05, 4.69) is 0 Å². The maximum Gasteiger partial charge on any atom is 0.340 e. The molecule has 0 fully saturated rings. The van der Waals surface area contributed by atoms with Crippen LogP contribution >= 0.6 is 7.60 Å².